The number of quaternary nitrogens is 1. The topological polar surface area (TPSA) is 114 Å². The molecule has 0 spiro atoms. The Hall–Kier alpha value is -3.07. The van der Waals surface area contributed by atoms with Gasteiger partial charge in [-0.1, -0.05) is 208 Å². The minimum Gasteiger partial charge on any atom is -0.756 e. The van der Waals surface area contributed by atoms with E-state index in [0.29, 0.717) is 23.9 Å². The fraction of sp³-hybridized carbons (Fsp3) is 0.695. The Bertz CT molecular complexity index is 1510. The van der Waals surface area contributed by atoms with Crippen molar-refractivity contribution in [2.24, 2.45) is 0 Å². The number of unbranched alkanes of at least 4 members (excludes halogenated alkanes) is 20. The molecule has 1 amide bonds. The third-order valence-corrected chi connectivity index (χ3v) is 12.5. The van der Waals surface area contributed by atoms with Crippen LogP contribution in [0.15, 0.2) is 97.2 Å². The van der Waals surface area contributed by atoms with Gasteiger partial charge in [0.15, 0.2) is 0 Å². The third-order valence-electron chi connectivity index (χ3n) is 11.6. The van der Waals surface area contributed by atoms with Crippen molar-refractivity contribution in [3.63, 3.8) is 0 Å². The van der Waals surface area contributed by atoms with Gasteiger partial charge in [-0.3, -0.25) is 14.2 Å². The van der Waals surface area contributed by atoms with Crippen molar-refractivity contribution in [3.8, 4) is 0 Å². The van der Waals surface area contributed by atoms with Crippen molar-refractivity contribution >= 4 is 19.7 Å². The molecule has 1 N–H and O–H groups in total. The molecule has 0 aliphatic heterocycles. The number of phosphoric acid groups is 1. The van der Waals surface area contributed by atoms with Gasteiger partial charge in [-0.25, -0.2) is 0 Å². The van der Waals surface area contributed by atoms with Gasteiger partial charge in [0, 0.05) is 12.8 Å². The highest BCUT2D eigenvalue weighted by Crippen LogP contribution is 2.38. The summed E-state index contributed by atoms with van der Waals surface area (Å²) in [6, 6.07) is -0.920. The molecular weight excluding hydrogens is 880 g/mol. The lowest BCUT2D eigenvalue weighted by molar-refractivity contribution is -0.870. The first kappa shape index (κ1) is 65.9. The van der Waals surface area contributed by atoms with Gasteiger partial charge < -0.3 is 28.5 Å². The number of hydrogen-bond donors (Lipinski definition) is 1. The van der Waals surface area contributed by atoms with Gasteiger partial charge in [-0.05, 0) is 89.5 Å². The van der Waals surface area contributed by atoms with E-state index in [1.165, 1.54) is 89.9 Å². The van der Waals surface area contributed by atoms with E-state index in [1.807, 2.05) is 27.2 Å². The SMILES string of the molecule is CC/C=C/C=C/C=C/CCCCCCCCCC(=O)NC(COP(=O)([O-])OCC[N+](C)(C)C)C(/C=C/CCCCCCCCCCC)OC(=O)CCC/C=C\C/C=C\C/C=C\C/C=C\CCCCC. The first-order valence-electron chi connectivity index (χ1n) is 27.6. The van der Waals surface area contributed by atoms with Crippen LogP contribution in [0, 0.1) is 0 Å². The highest BCUT2D eigenvalue weighted by molar-refractivity contribution is 7.45. The molecule has 3 unspecified atom stereocenters. The zero-order valence-corrected chi connectivity index (χ0v) is 45.9. The number of nitrogens with one attached hydrogen (secondary N) is 1. The lowest BCUT2D eigenvalue weighted by Crippen LogP contribution is -2.47. The Labute approximate surface area is 424 Å². The molecular formula is C59H103N2O7P. The van der Waals surface area contributed by atoms with Gasteiger partial charge in [-0.2, -0.15) is 0 Å². The van der Waals surface area contributed by atoms with Crippen LogP contribution in [0.2, 0.25) is 0 Å². The number of carbonyl (C=O) groups is 2. The number of ether oxygens (including phenoxy) is 1. The summed E-state index contributed by atoms with van der Waals surface area (Å²) in [4.78, 5) is 39.7. The van der Waals surface area contributed by atoms with E-state index in [2.05, 4.69) is 111 Å². The summed E-state index contributed by atoms with van der Waals surface area (Å²) in [6.07, 6.45) is 63.8. The molecule has 0 bridgehead atoms. The first-order chi connectivity index (χ1) is 33.4. The molecule has 0 saturated heterocycles. The summed E-state index contributed by atoms with van der Waals surface area (Å²) in [7, 11) is 1.13. The lowest BCUT2D eigenvalue weighted by Gasteiger charge is -2.30. The van der Waals surface area contributed by atoms with E-state index in [4.69, 9.17) is 13.8 Å². The molecule has 3 atom stereocenters. The van der Waals surface area contributed by atoms with Gasteiger partial charge in [0.25, 0.3) is 7.82 Å². The number of carbonyl (C=O) groups excluding carboxylic acids is 2. The highest BCUT2D eigenvalue weighted by Gasteiger charge is 2.27. The first-order valence-corrected chi connectivity index (χ1v) is 29.0. The van der Waals surface area contributed by atoms with Gasteiger partial charge in [-0.15, -0.1) is 0 Å². The van der Waals surface area contributed by atoms with Crippen LogP contribution in [0.25, 0.3) is 0 Å². The van der Waals surface area contributed by atoms with Crippen LogP contribution in [0.3, 0.4) is 0 Å². The molecule has 0 rings (SSSR count). The summed E-state index contributed by atoms with van der Waals surface area (Å²) >= 11 is 0. The number of amides is 1. The molecule has 9 nitrogen and oxygen atoms in total. The zero-order chi connectivity index (χ0) is 50.8. The van der Waals surface area contributed by atoms with E-state index < -0.39 is 32.5 Å². The van der Waals surface area contributed by atoms with E-state index in [1.54, 1.807) is 6.08 Å². The van der Waals surface area contributed by atoms with Crippen LogP contribution in [0.1, 0.15) is 213 Å². The summed E-state index contributed by atoms with van der Waals surface area (Å²) in [5, 5.41) is 2.99. The van der Waals surface area contributed by atoms with Crippen molar-refractivity contribution < 1.29 is 37.3 Å². The number of allylic oxidation sites excluding steroid dienone is 15. The molecule has 396 valence electrons. The van der Waals surface area contributed by atoms with E-state index in [0.717, 1.165) is 77.0 Å². The van der Waals surface area contributed by atoms with E-state index in [9.17, 15) is 19.0 Å². The summed E-state index contributed by atoms with van der Waals surface area (Å²) in [5.41, 5.74) is 0. The maximum Gasteiger partial charge on any atom is 0.306 e. The Morgan fingerprint density at radius 3 is 1.57 bits per heavy atom. The van der Waals surface area contributed by atoms with Crippen LogP contribution in [-0.2, 0) is 27.9 Å². The number of rotatable bonds is 48. The van der Waals surface area contributed by atoms with Crippen LogP contribution >= 0.6 is 7.82 Å². The Kier molecular flexibility index (Phi) is 46.4. The third kappa shape index (κ3) is 49.7. The second-order valence-electron chi connectivity index (χ2n) is 19.4. The highest BCUT2D eigenvalue weighted by atomic mass is 31.2. The average molecular weight is 983 g/mol. The number of phosphoric ester groups is 1. The number of likely N-dealkylation sites (N-methyl/N-ethyl adjacent to an activating group) is 1. The maximum absolute atomic E-state index is 13.4. The quantitative estimate of drug-likeness (QED) is 0.0161. The minimum absolute atomic E-state index is 0.0380. The average Bonchev–Trinajstić information content (AvgIpc) is 3.31. The molecule has 0 aromatic carbocycles. The molecule has 0 aromatic heterocycles. The van der Waals surface area contributed by atoms with Crippen LogP contribution in [0.4, 0.5) is 0 Å². The smallest absolute Gasteiger partial charge is 0.306 e. The second-order valence-corrected chi connectivity index (χ2v) is 20.8. The number of hydrogen-bond acceptors (Lipinski definition) is 7. The van der Waals surface area contributed by atoms with Crippen molar-refractivity contribution in [2.75, 3.05) is 40.9 Å². The monoisotopic (exact) mass is 983 g/mol. The molecule has 0 saturated carbocycles. The van der Waals surface area contributed by atoms with Crippen LogP contribution in [0.5, 0.6) is 0 Å². The molecule has 0 aromatic rings. The van der Waals surface area contributed by atoms with Crippen molar-refractivity contribution in [1.29, 1.82) is 0 Å². The number of esters is 1. The standard InChI is InChI=1S/C59H103N2O7P/c1-7-10-13-16-19-22-25-27-29-30-32-34-37-40-43-46-49-52-59(63)68-57(50-47-44-41-38-35-24-21-18-15-12-9-3)56(55-67-69(64,65)66-54-53-61(4,5)6)60-58(62)51-48-45-42-39-36-33-31-28-26-23-20-17-14-11-8-2/h11,14,17,19-20,22-23,26-27,29,32,34,40,43,47,50,56-57H,7-10,12-13,15-16,18,21,24-25,28,30-31,33,35-39,41-42,44-46,48-49,51-55H2,1-6H3,(H-,60,62,64,65)/b14-11+,20-17+,22-19-,26-23+,29-27-,34-32-,43-40-,50-47+. The van der Waals surface area contributed by atoms with Gasteiger partial charge >= 0.3 is 5.97 Å². The maximum atomic E-state index is 13.4. The molecule has 0 aliphatic carbocycles. The van der Waals surface area contributed by atoms with E-state index >= 15 is 0 Å². The Morgan fingerprint density at radius 2 is 1.00 bits per heavy atom. The van der Waals surface area contributed by atoms with Crippen molar-refractivity contribution in [2.45, 2.75) is 226 Å². The fourth-order valence-corrected chi connectivity index (χ4v) is 8.00. The largest absolute Gasteiger partial charge is 0.756 e. The van der Waals surface area contributed by atoms with Crippen molar-refractivity contribution in [3.05, 3.63) is 97.2 Å². The molecule has 0 heterocycles. The van der Waals surface area contributed by atoms with Gasteiger partial charge in [0.05, 0.1) is 33.8 Å². The molecule has 69 heavy (non-hydrogen) atoms. The molecule has 0 radical (unpaired) electrons. The van der Waals surface area contributed by atoms with Crippen LogP contribution < -0.4 is 10.2 Å². The normalized spacial score (nSPS) is 14.6. The predicted octanol–water partition coefficient (Wildman–Crippen LogP) is 15.8. The molecule has 10 heteroatoms. The Morgan fingerprint density at radius 1 is 0.536 bits per heavy atom. The lowest BCUT2D eigenvalue weighted by atomic mass is 10.1. The van der Waals surface area contributed by atoms with E-state index in [-0.39, 0.29) is 25.4 Å². The van der Waals surface area contributed by atoms with Gasteiger partial charge in [0.1, 0.15) is 19.3 Å². The molecule has 0 aliphatic rings. The Balaban J connectivity index is 5.47. The zero-order valence-electron chi connectivity index (χ0n) is 45.0. The van der Waals surface area contributed by atoms with Crippen LogP contribution in [-0.4, -0.2) is 69.4 Å². The predicted molar refractivity (Wildman–Crippen MR) is 293 cm³/mol. The summed E-state index contributed by atoms with van der Waals surface area (Å²) in [5.74, 6) is -0.629. The second kappa shape index (κ2) is 48.6. The fourth-order valence-electron chi connectivity index (χ4n) is 7.28. The van der Waals surface area contributed by atoms with Gasteiger partial charge in [0.2, 0.25) is 5.91 Å². The molecule has 0 fully saturated rings. The van der Waals surface area contributed by atoms with Crippen molar-refractivity contribution in [1.82, 2.24) is 5.32 Å². The summed E-state index contributed by atoms with van der Waals surface area (Å²) < 4.78 is 30.1. The summed E-state index contributed by atoms with van der Waals surface area (Å²) in [6.45, 7) is 6.60. The number of nitrogens with zero attached hydrogens (tertiary/aromatic N) is 1. The minimum atomic E-state index is -4.71.